The molecule has 3 unspecified atom stereocenters. The minimum atomic E-state index is 0.0983. The molecular weight excluding hydrogens is 256 g/mol. The SMILES string of the molecule is CCCC1NC(C2CCCC2)N(C2CCSC2)C1=O. The van der Waals surface area contributed by atoms with E-state index in [0.717, 1.165) is 18.6 Å². The molecule has 108 valence electrons. The minimum Gasteiger partial charge on any atom is -0.322 e. The van der Waals surface area contributed by atoms with Crippen molar-refractivity contribution in [1.82, 2.24) is 10.2 Å². The van der Waals surface area contributed by atoms with Crippen molar-refractivity contribution >= 4 is 17.7 Å². The first-order valence-electron chi connectivity index (χ1n) is 7.97. The first kappa shape index (κ1) is 13.7. The molecule has 1 N–H and O–H groups in total. The molecule has 3 aliphatic rings. The molecule has 0 bridgehead atoms. The molecule has 4 heteroatoms. The van der Waals surface area contributed by atoms with Crippen molar-refractivity contribution < 1.29 is 4.79 Å². The van der Waals surface area contributed by atoms with Crippen molar-refractivity contribution in [3.05, 3.63) is 0 Å². The molecule has 0 aromatic rings. The van der Waals surface area contributed by atoms with Crippen molar-refractivity contribution in [3.63, 3.8) is 0 Å². The van der Waals surface area contributed by atoms with Crippen molar-refractivity contribution in [2.24, 2.45) is 5.92 Å². The maximum atomic E-state index is 12.7. The van der Waals surface area contributed by atoms with Crippen LogP contribution in [0.5, 0.6) is 0 Å². The van der Waals surface area contributed by atoms with Crippen molar-refractivity contribution in [1.29, 1.82) is 0 Å². The van der Waals surface area contributed by atoms with Gasteiger partial charge in [0.1, 0.15) is 0 Å². The predicted molar refractivity (Wildman–Crippen MR) is 80.2 cm³/mol. The van der Waals surface area contributed by atoms with E-state index in [4.69, 9.17) is 0 Å². The van der Waals surface area contributed by atoms with Crippen LogP contribution in [0.15, 0.2) is 0 Å². The van der Waals surface area contributed by atoms with Gasteiger partial charge in [-0.15, -0.1) is 0 Å². The number of amides is 1. The number of nitrogens with one attached hydrogen (secondary N) is 1. The second kappa shape index (κ2) is 6.04. The van der Waals surface area contributed by atoms with E-state index in [9.17, 15) is 4.79 Å². The number of nitrogens with zero attached hydrogens (tertiary/aromatic N) is 1. The highest BCUT2D eigenvalue weighted by atomic mass is 32.2. The van der Waals surface area contributed by atoms with Gasteiger partial charge in [-0.25, -0.2) is 0 Å². The normalized spacial score (nSPS) is 36.6. The van der Waals surface area contributed by atoms with Crippen LogP contribution in [0.25, 0.3) is 0 Å². The highest BCUT2D eigenvalue weighted by Crippen LogP contribution is 2.36. The average molecular weight is 282 g/mol. The lowest BCUT2D eigenvalue weighted by Gasteiger charge is -2.33. The van der Waals surface area contributed by atoms with Gasteiger partial charge in [-0.2, -0.15) is 11.8 Å². The summed E-state index contributed by atoms with van der Waals surface area (Å²) < 4.78 is 0. The molecule has 19 heavy (non-hydrogen) atoms. The van der Waals surface area contributed by atoms with Crippen LogP contribution in [-0.2, 0) is 4.79 Å². The molecule has 0 radical (unpaired) electrons. The number of hydrogen-bond donors (Lipinski definition) is 1. The third kappa shape index (κ3) is 2.66. The molecule has 0 aromatic carbocycles. The van der Waals surface area contributed by atoms with Gasteiger partial charge in [-0.3, -0.25) is 10.1 Å². The fourth-order valence-electron chi connectivity index (χ4n) is 3.96. The first-order valence-corrected chi connectivity index (χ1v) is 9.12. The fraction of sp³-hybridized carbons (Fsp3) is 0.933. The monoisotopic (exact) mass is 282 g/mol. The zero-order valence-corrected chi connectivity index (χ0v) is 12.8. The Morgan fingerprint density at radius 2 is 2.11 bits per heavy atom. The van der Waals surface area contributed by atoms with Gasteiger partial charge in [0.2, 0.25) is 5.91 Å². The summed E-state index contributed by atoms with van der Waals surface area (Å²) in [6.45, 7) is 2.17. The van der Waals surface area contributed by atoms with E-state index in [2.05, 4.69) is 17.1 Å². The standard InChI is InChI=1S/C15H26N2OS/c1-2-5-13-15(18)17(12-8-9-19-10-12)14(16-13)11-6-3-4-7-11/h11-14,16H,2-10H2,1H3. The number of thioether (sulfide) groups is 1. The largest absolute Gasteiger partial charge is 0.322 e. The Morgan fingerprint density at radius 3 is 2.74 bits per heavy atom. The molecule has 0 spiro atoms. The summed E-state index contributed by atoms with van der Waals surface area (Å²) in [7, 11) is 0. The summed E-state index contributed by atoms with van der Waals surface area (Å²) in [6.07, 6.45) is 8.94. The van der Waals surface area contributed by atoms with Gasteiger partial charge in [-0.05, 0) is 37.4 Å². The molecular formula is C15H26N2OS. The molecule has 2 saturated heterocycles. The molecule has 1 saturated carbocycles. The van der Waals surface area contributed by atoms with Crippen molar-refractivity contribution in [3.8, 4) is 0 Å². The summed E-state index contributed by atoms with van der Waals surface area (Å²) in [5, 5.41) is 3.68. The maximum Gasteiger partial charge on any atom is 0.241 e. The number of carbonyl (C=O) groups excluding carboxylic acids is 1. The molecule has 3 nitrogen and oxygen atoms in total. The third-order valence-electron chi connectivity index (χ3n) is 4.95. The van der Waals surface area contributed by atoms with Crippen LogP contribution in [0.3, 0.4) is 0 Å². The number of rotatable bonds is 4. The molecule has 3 atom stereocenters. The average Bonchev–Trinajstić information content (AvgIpc) is 3.11. The molecule has 1 aliphatic carbocycles. The van der Waals surface area contributed by atoms with Crippen LogP contribution in [0.2, 0.25) is 0 Å². The topological polar surface area (TPSA) is 32.3 Å². The smallest absolute Gasteiger partial charge is 0.241 e. The molecule has 0 aromatic heterocycles. The highest BCUT2D eigenvalue weighted by molar-refractivity contribution is 7.99. The van der Waals surface area contributed by atoms with Crippen LogP contribution in [0, 0.1) is 5.92 Å². The Balaban J connectivity index is 1.76. The molecule has 3 rings (SSSR count). The highest BCUT2D eigenvalue weighted by Gasteiger charge is 2.46. The van der Waals surface area contributed by atoms with Gasteiger partial charge < -0.3 is 4.90 Å². The summed E-state index contributed by atoms with van der Waals surface area (Å²) in [4.78, 5) is 15.0. The van der Waals surface area contributed by atoms with Gasteiger partial charge in [0.25, 0.3) is 0 Å². The van der Waals surface area contributed by atoms with Crippen molar-refractivity contribution in [2.75, 3.05) is 11.5 Å². The molecule has 1 amide bonds. The van der Waals surface area contributed by atoms with Crippen LogP contribution in [0.4, 0.5) is 0 Å². The zero-order chi connectivity index (χ0) is 13.2. The van der Waals surface area contributed by atoms with Crippen LogP contribution in [-0.4, -0.2) is 40.6 Å². The quantitative estimate of drug-likeness (QED) is 0.860. The first-order chi connectivity index (χ1) is 9.31. The van der Waals surface area contributed by atoms with Crippen LogP contribution >= 0.6 is 11.8 Å². The number of carbonyl (C=O) groups is 1. The zero-order valence-electron chi connectivity index (χ0n) is 11.9. The molecule has 3 fully saturated rings. The van der Waals surface area contributed by atoms with E-state index in [0.29, 0.717) is 24.0 Å². The van der Waals surface area contributed by atoms with E-state index in [1.165, 1.54) is 37.9 Å². The molecule has 2 aliphatic heterocycles. The Hall–Kier alpha value is -0.220. The summed E-state index contributed by atoms with van der Waals surface area (Å²) in [6, 6.07) is 0.596. The Labute approximate surface area is 120 Å². The van der Waals surface area contributed by atoms with Gasteiger partial charge in [0.15, 0.2) is 0 Å². The minimum absolute atomic E-state index is 0.0983. The lowest BCUT2D eigenvalue weighted by molar-refractivity contribution is -0.132. The second-order valence-electron chi connectivity index (χ2n) is 6.26. The second-order valence-corrected chi connectivity index (χ2v) is 7.41. The van der Waals surface area contributed by atoms with Crippen LogP contribution < -0.4 is 5.32 Å². The lowest BCUT2D eigenvalue weighted by atomic mass is 10.0. The third-order valence-corrected chi connectivity index (χ3v) is 6.09. The predicted octanol–water partition coefficient (Wildman–Crippen LogP) is 2.61. The number of hydrogen-bond acceptors (Lipinski definition) is 3. The summed E-state index contributed by atoms with van der Waals surface area (Å²) in [5.41, 5.74) is 0. The molecule has 2 heterocycles. The van der Waals surface area contributed by atoms with E-state index < -0.39 is 0 Å². The summed E-state index contributed by atoms with van der Waals surface area (Å²) in [5.74, 6) is 3.47. The van der Waals surface area contributed by atoms with E-state index in [1.807, 2.05) is 11.8 Å². The van der Waals surface area contributed by atoms with Crippen LogP contribution in [0.1, 0.15) is 51.9 Å². The lowest BCUT2D eigenvalue weighted by Crippen LogP contribution is -2.48. The maximum absolute atomic E-state index is 12.7. The van der Waals surface area contributed by atoms with E-state index >= 15 is 0 Å². The van der Waals surface area contributed by atoms with Gasteiger partial charge in [0, 0.05) is 11.8 Å². The summed E-state index contributed by atoms with van der Waals surface area (Å²) >= 11 is 2.01. The Kier molecular flexibility index (Phi) is 4.37. The van der Waals surface area contributed by atoms with Gasteiger partial charge in [-0.1, -0.05) is 26.2 Å². The Morgan fingerprint density at radius 1 is 1.32 bits per heavy atom. The van der Waals surface area contributed by atoms with E-state index in [1.54, 1.807) is 0 Å². The van der Waals surface area contributed by atoms with Gasteiger partial charge >= 0.3 is 0 Å². The van der Waals surface area contributed by atoms with Crippen molar-refractivity contribution in [2.45, 2.75) is 70.1 Å². The Bertz CT molecular complexity index is 324. The van der Waals surface area contributed by atoms with Gasteiger partial charge in [0.05, 0.1) is 12.2 Å². The van der Waals surface area contributed by atoms with E-state index in [-0.39, 0.29) is 6.04 Å². The fourth-order valence-corrected chi connectivity index (χ4v) is 5.16.